The number of methoxy groups -OCH3 is 3. The number of aliphatic hydroxyl groups excluding tert-OH is 4. The van der Waals surface area contributed by atoms with Gasteiger partial charge in [0, 0.05) is 85.9 Å². The number of aliphatic carboxylic acids is 1. The van der Waals surface area contributed by atoms with E-state index in [4.69, 9.17) is 85.3 Å². The molecule has 42 nitrogen and oxygen atoms in total. The Morgan fingerprint density at radius 2 is 1.06 bits per heavy atom. The van der Waals surface area contributed by atoms with Crippen LogP contribution in [0.5, 0.6) is 5.75 Å². The lowest BCUT2D eigenvalue weighted by Gasteiger charge is -2.41. The van der Waals surface area contributed by atoms with Gasteiger partial charge in [0.25, 0.3) is 0 Å². The van der Waals surface area contributed by atoms with Gasteiger partial charge in [-0.2, -0.15) is 0 Å². The molecule has 4 aromatic rings. The molecule has 1 aliphatic carbocycles. The third-order valence-electron chi connectivity index (χ3n) is 25.6. The summed E-state index contributed by atoms with van der Waals surface area (Å²) in [6, 6.07) is 23.5. The van der Waals surface area contributed by atoms with Crippen molar-refractivity contribution in [1.82, 2.24) is 46.6 Å². The SMILES string of the molecule is CC[C@H](C)[C@@H]([C@@H](CC(=O)N1CCC[C@H]1[C@H](OC)[C@@H](C)C(=O)N[C@H](C)[C@@H](O)c1ccccc1)OC)N(C)C(=O)[C@@H](NC(=O)[C@H](C(C)C)N(C)C(=O)OCc1ccc(O[C@@H]2O[C@H](C(=O)O)[C@@H](O)[C@H](O)[C@H]2O)c(CNC(=O)CCNC(=O)[C@H](CCCCNC(=O)CCOCCOCCOCCOCCOCCOCCOCCOCCOCCOCCOCCOC)NC(=O)OCC2c3ccccc3-c3ccccc32)c1)C(C)C. The highest BCUT2D eigenvalue weighted by atomic mass is 16.7. The lowest BCUT2D eigenvalue weighted by molar-refractivity contribution is -0.271. The molecule has 2 heterocycles. The van der Waals surface area contributed by atoms with Crippen molar-refractivity contribution < 1.29 is 159 Å². The van der Waals surface area contributed by atoms with Crippen molar-refractivity contribution in [3.63, 3.8) is 0 Å². The number of aliphatic hydroxyl groups is 4. The molecule has 2 saturated heterocycles. The van der Waals surface area contributed by atoms with Crippen LogP contribution in [0.25, 0.3) is 11.1 Å². The van der Waals surface area contributed by atoms with Gasteiger partial charge in [0.2, 0.25) is 47.6 Å². The minimum Gasteiger partial charge on any atom is -0.479 e. The second-order valence-electron chi connectivity index (χ2n) is 36.8. The van der Waals surface area contributed by atoms with Gasteiger partial charge in [-0.25, -0.2) is 14.4 Å². The first-order valence-electron chi connectivity index (χ1n) is 50.7. The van der Waals surface area contributed by atoms with Gasteiger partial charge in [-0.05, 0) is 102 Å². The molecule has 146 heavy (non-hydrogen) atoms. The molecule has 16 atom stereocenters. The number of nitrogens with zero attached hydrogens (tertiary/aromatic N) is 3. The number of carboxylic acids is 1. The molecule has 0 saturated carbocycles. The van der Waals surface area contributed by atoms with E-state index in [0.29, 0.717) is 176 Å². The number of likely N-dealkylation sites (tertiary alicyclic amines) is 1. The van der Waals surface area contributed by atoms with E-state index in [-0.39, 0.29) is 118 Å². The normalized spacial score (nSPS) is 18.1. The Morgan fingerprint density at radius 3 is 1.58 bits per heavy atom. The van der Waals surface area contributed by atoms with Crippen LogP contribution in [0.3, 0.4) is 0 Å². The quantitative estimate of drug-likeness (QED) is 0.0247. The van der Waals surface area contributed by atoms with Crippen LogP contribution in [0.2, 0.25) is 0 Å². The minimum absolute atomic E-state index is 0.0470. The third-order valence-corrected chi connectivity index (χ3v) is 25.6. The molecule has 2 fully saturated rings. The molecule has 9 amide bonds. The third kappa shape index (κ3) is 41.6. The number of alkyl carbamates (subject to hydrolysis) is 1. The van der Waals surface area contributed by atoms with Crippen LogP contribution >= 0.6 is 0 Å². The van der Waals surface area contributed by atoms with Crippen molar-refractivity contribution in [2.24, 2.45) is 23.7 Å². The predicted molar refractivity (Wildman–Crippen MR) is 534 cm³/mol. The Morgan fingerprint density at radius 1 is 0.534 bits per heavy atom. The van der Waals surface area contributed by atoms with Crippen LogP contribution in [-0.4, -0.2) is 393 Å². The summed E-state index contributed by atoms with van der Waals surface area (Å²) < 4.78 is 101. The van der Waals surface area contributed by atoms with E-state index < -0.39 is 151 Å². The van der Waals surface area contributed by atoms with E-state index in [1.165, 1.54) is 44.4 Å². The van der Waals surface area contributed by atoms with Crippen LogP contribution in [0.4, 0.5) is 9.59 Å². The summed E-state index contributed by atoms with van der Waals surface area (Å²) in [4.78, 5) is 144. The molecule has 0 bridgehead atoms. The van der Waals surface area contributed by atoms with E-state index >= 15 is 4.79 Å². The van der Waals surface area contributed by atoms with E-state index in [9.17, 15) is 68.7 Å². The van der Waals surface area contributed by atoms with Crippen LogP contribution in [0.15, 0.2) is 97.1 Å². The molecule has 0 spiro atoms. The molecular weight excluding hydrogens is 1900 g/mol. The number of ether oxygens (including phenoxy) is 18. The fourth-order valence-corrected chi connectivity index (χ4v) is 17.3. The molecule has 7 rings (SSSR count). The van der Waals surface area contributed by atoms with Gasteiger partial charge in [-0.1, -0.05) is 140 Å². The molecular formula is C104H161N9O33. The second-order valence-corrected chi connectivity index (χ2v) is 36.8. The minimum atomic E-state index is -2.06. The number of carbonyl (C=O) groups is 10. The number of likely N-dealkylation sites (N-methyl/N-ethyl adjacent to an activating group) is 2. The van der Waals surface area contributed by atoms with Crippen LogP contribution < -0.4 is 36.6 Å². The van der Waals surface area contributed by atoms with Crippen LogP contribution in [0, 0.1) is 23.7 Å². The summed E-state index contributed by atoms with van der Waals surface area (Å²) in [7, 11) is 7.55. The Labute approximate surface area is 857 Å². The van der Waals surface area contributed by atoms with Gasteiger partial charge in [-0.15, -0.1) is 0 Å². The highest BCUT2D eigenvalue weighted by Crippen LogP contribution is 2.45. The van der Waals surface area contributed by atoms with E-state index in [0.717, 1.165) is 27.2 Å². The molecule has 820 valence electrons. The number of fused-ring (bicyclic) bond motifs is 3. The number of unbranched alkanes of at least 4 members (excludes halogenated alkanes) is 1. The summed E-state index contributed by atoms with van der Waals surface area (Å²) in [6.45, 7) is 23.4. The lowest BCUT2D eigenvalue weighted by Crippen LogP contribution is -2.61. The Kier molecular flexibility index (Phi) is 58.0. The van der Waals surface area contributed by atoms with Crippen molar-refractivity contribution in [1.29, 1.82) is 0 Å². The number of rotatable bonds is 75. The second kappa shape index (κ2) is 68.8. The predicted octanol–water partition coefficient (Wildman–Crippen LogP) is 5.39. The van der Waals surface area contributed by atoms with Crippen molar-refractivity contribution in [3.05, 3.63) is 125 Å². The molecule has 0 radical (unpaired) electrons. The topological polar surface area (TPSA) is 520 Å². The van der Waals surface area contributed by atoms with Crippen molar-refractivity contribution in [2.45, 2.75) is 218 Å². The molecule has 4 aromatic carbocycles. The monoisotopic (exact) mass is 2060 g/mol. The maximum atomic E-state index is 15.1. The zero-order valence-electron chi connectivity index (χ0n) is 87.1. The van der Waals surface area contributed by atoms with E-state index in [1.54, 1.807) is 84.9 Å². The highest BCUT2D eigenvalue weighted by Gasteiger charge is 2.49. The molecule has 0 unspecified atom stereocenters. The van der Waals surface area contributed by atoms with Crippen LogP contribution in [0.1, 0.15) is 153 Å². The fraction of sp³-hybridized carbons (Fsp3) is 0.673. The van der Waals surface area contributed by atoms with Crippen molar-refractivity contribution >= 4 is 59.5 Å². The smallest absolute Gasteiger partial charge is 0.410 e. The molecule has 3 aliphatic rings. The van der Waals surface area contributed by atoms with Gasteiger partial charge in [0.1, 0.15) is 55.4 Å². The van der Waals surface area contributed by atoms with Gasteiger partial charge in [-0.3, -0.25) is 38.5 Å². The van der Waals surface area contributed by atoms with Crippen molar-refractivity contribution in [3.8, 4) is 16.9 Å². The largest absolute Gasteiger partial charge is 0.479 e. The number of amides is 9. The Bertz CT molecular complexity index is 4450. The lowest BCUT2D eigenvalue weighted by atomic mass is 9.89. The number of nitrogens with one attached hydrogen (secondary N) is 6. The van der Waals surface area contributed by atoms with Crippen molar-refractivity contribution in [2.75, 3.05) is 214 Å². The average molecular weight is 2070 g/mol. The van der Waals surface area contributed by atoms with Gasteiger partial charge < -0.3 is 152 Å². The number of carbonyl (C=O) groups excluding carboxylic acids is 9. The summed E-state index contributed by atoms with van der Waals surface area (Å²) in [5.74, 6) is -7.51. The van der Waals surface area contributed by atoms with E-state index in [1.807, 2.05) is 68.4 Å². The van der Waals surface area contributed by atoms with Gasteiger partial charge in [0.15, 0.2) is 6.10 Å². The first kappa shape index (κ1) is 123. The summed E-state index contributed by atoms with van der Waals surface area (Å²) in [6.07, 6.45) is -12.2. The fourth-order valence-electron chi connectivity index (χ4n) is 17.3. The zero-order chi connectivity index (χ0) is 106. The number of hydrogen-bond acceptors (Lipinski definition) is 32. The summed E-state index contributed by atoms with van der Waals surface area (Å²) >= 11 is 0. The van der Waals surface area contributed by atoms with Gasteiger partial charge in [0.05, 0.1) is 201 Å². The van der Waals surface area contributed by atoms with E-state index in [2.05, 4.69) is 31.9 Å². The molecule has 2 aliphatic heterocycles. The average Bonchev–Trinajstić information content (AvgIpc) is 1.60. The zero-order valence-corrected chi connectivity index (χ0v) is 87.1. The maximum absolute atomic E-state index is 15.1. The summed E-state index contributed by atoms with van der Waals surface area (Å²) in [5, 5.41) is 70.1. The highest BCUT2D eigenvalue weighted by molar-refractivity contribution is 5.92. The number of hydrogen-bond donors (Lipinski definition) is 11. The molecule has 11 N–H and O–H groups in total. The first-order chi connectivity index (χ1) is 70.4. The molecule has 0 aromatic heterocycles. The maximum Gasteiger partial charge on any atom is 0.410 e. The first-order valence-corrected chi connectivity index (χ1v) is 50.7. The standard InChI is InChI=1S/C104H161N9O33/c1-14-70(6)90(84(130-12)64-87(116)113-39-24-32-82(113)95(131-13)71(7)97(121)108-72(8)91(117)74-25-16-15-17-26-74)111(9)100(124)88(68(2)3)110-99(123)89(69(4)5)112(10)104(128)144-66-73-33-34-83(145-102-94(120)92(118)93(119)96(146-102)101(125)126)75(63-73)65-107-85(114)35-38-106-98(122)81(109-103(127)143-67-80-78-29-20-18-27-76(78)77-28-19-21-30-79(77)80)31-22-23-37-105-86(115)36-40-132-43-44-134-47-48-136-51-52-138-55-56-140-59-60-142-62-61-141-58-57-139-54-53-137-50-49-135-46-45-133-42-41-129-11/h15-21,25-30,33-34,63,68-72,80-82,84,88-96,102,117-120H,14,22-24,31-32,35-62,64-67H2,1-13H3,(H,105,115)(H,106,122)(H,107,114)(H,108,121)(H,109,127)(H,110,123)(H,125,126)/t70-,71+,72+,81-,82-,84+,88-,89-,90-,91+,92-,93-,94+,95+,96-,102+/m0/s1. The Hall–Kier alpha value is -9.78. The van der Waals surface area contributed by atoms with Crippen LogP contribution in [-0.2, 0) is 132 Å². The summed E-state index contributed by atoms with van der Waals surface area (Å²) in [5.41, 5.74) is 5.01. The number of carboxylic acid groups (broad SMARTS) is 1. The molecule has 42 heteroatoms. The number of benzene rings is 4. The van der Waals surface area contributed by atoms with Gasteiger partial charge >= 0.3 is 18.2 Å². The Balaban J connectivity index is 0.861.